The van der Waals surface area contributed by atoms with Crippen molar-refractivity contribution in [1.82, 2.24) is 0 Å². The Balaban J connectivity index is 2.05. The largest absolute Gasteiger partial charge is 0.455 e. The summed E-state index contributed by atoms with van der Waals surface area (Å²) in [5.74, 6) is 0. The molecule has 0 amide bonds. The third-order valence-electron chi connectivity index (χ3n) is 2.62. The molecule has 2 aliphatic heterocycles. The second-order valence-electron chi connectivity index (χ2n) is 3.46. The lowest BCUT2D eigenvalue weighted by Gasteiger charge is -2.19. The Kier molecular flexibility index (Phi) is 2.60. The molecule has 0 bridgehead atoms. The van der Waals surface area contributed by atoms with Crippen molar-refractivity contribution in [3.05, 3.63) is 0 Å². The first-order valence-corrected chi connectivity index (χ1v) is 4.75. The molecular weight excluding hydrogens is 171 g/mol. The van der Waals surface area contributed by atoms with Gasteiger partial charge >= 0.3 is 7.12 Å². The van der Waals surface area contributed by atoms with Crippen LogP contribution in [0.25, 0.3) is 0 Å². The van der Waals surface area contributed by atoms with Crippen LogP contribution in [0.15, 0.2) is 0 Å². The summed E-state index contributed by atoms with van der Waals surface area (Å²) in [5, 5.41) is 0. The van der Waals surface area contributed by atoms with Crippen LogP contribution in [0.5, 0.6) is 0 Å². The van der Waals surface area contributed by atoms with Gasteiger partial charge in [0.25, 0.3) is 0 Å². The summed E-state index contributed by atoms with van der Waals surface area (Å²) in [5.41, 5.74) is 0. The van der Waals surface area contributed by atoms with E-state index in [9.17, 15) is 0 Å². The highest BCUT2D eigenvalue weighted by molar-refractivity contribution is 6.43. The fourth-order valence-corrected chi connectivity index (χ4v) is 2.00. The third kappa shape index (κ3) is 1.50. The molecule has 0 aliphatic carbocycles. The van der Waals surface area contributed by atoms with Gasteiger partial charge < -0.3 is 18.8 Å². The van der Waals surface area contributed by atoms with Crippen LogP contribution in [0.2, 0.25) is 6.82 Å². The lowest BCUT2D eigenvalue weighted by atomic mass is 9.96. The van der Waals surface area contributed by atoms with Crippen molar-refractivity contribution in [3.8, 4) is 0 Å². The molecule has 0 aromatic carbocycles. The normalized spacial score (nSPS) is 44.1. The highest BCUT2D eigenvalue weighted by atomic mass is 16.8. The van der Waals surface area contributed by atoms with Crippen LogP contribution < -0.4 is 0 Å². The molecule has 0 saturated carbocycles. The van der Waals surface area contributed by atoms with Gasteiger partial charge in [-0.3, -0.25) is 0 Å². The van der Waals surface area contributed by atoms with Crippen LogP contribution in [0.1, 0.15) is 13.3 Å². The molecule has 0 unspecified atom stereocenters. The SMILES string of the molecule is CC[C@@H]1O[C@H]2OB(C)O[C@H]2[C@@H]1OC. The van der Waals surface area contributed by atoms with Crippen LogP contribution >= 0.6 is 0 Å². The van der Waals surface area contributed by atoms with E-state index >= 15 is 0 Å². The van der Waals surface area contributed by atoms with Crippen LogP contribution in [-0.2, 0) is 18.8 Å². The first-order valence-electron chi connectivity index (χ1n) is 4.75. The maximum absolute atomic E-state index is 5.64. The van der Waals surface area contributed by atoms with E-state index in [0.29, 0.717) is 0 Å². The summed E-state index contributed by atoms with van der Waals surface area (Å²) in [6.45, 7) is 3.94. The van der Waals surface area contributed by atoms with Gasteiger partial charge in [0, 0.05) is 7.11 Å². The van der Waals surface area contributed by atoms with Crippen molar-refractivity contribution in [2.75, 3.05) is 7.11 Å². The van der Waals surface area contributed by atoms with E-state index in [-0.39, 0.29) is 31.7 Å². The molecule has 2 heterocycles. The van der Waals surface area contributed by atoms with Crippen molar-refractivity contribution >= 4 is 7.12 Å². The maximum atomic E-state index is 5.64. The summed E-state index contributed by atoms with van der Waals surface area (Å²) in [4.78, 5) is 0. The number of methoxy groups -OCH3 is 1. The number of fused-ring (bicyclic) bond motifs is 1. The predicted molar refractivity (Wildman–Crippen MR) is 47.3 cm³/mol. The fourth-order valence-electron chi connectivity index (χ4n) is 2.00. The first-order chi connectivity index (χ1) is 6.26. The second-order valence-corrected chi connectivity index (χ2v) is 3.46. The molecule has 74 valence electrons. The molecule has 4 atom stereocenters. The summed E-state index contributed by atoms with van der Waals surface area (Å²) in [6, 6.07) is 0. The van der Waals surface area contributed by atoms with E-state index in [4.69, 9.17) is 18.8 Å². The molecule has 0 aromatic heterocycles. The van der Waals surface area contributed by atoms with Gasteiger partial charge in [-0.2, -0.15) is 0 Å². The summed E-state index contributed by atoms with van der Waals surface area (Å²) >= 11 is 0. The molecule has 2 rings (SSSR count). The van der Waals surface area contributed by atoms with Gasteiger partial charge in [-0.1, -0.05) is 6.92 Å². The van der Waals surface area contributed by atoms with Crippen LogP contribution in [0.3, 0.4) is 0 Å². The average Bonchev–Trinajstić information content (AvgIpc) is 2.59. The zero-order chi connectivity index (χ0) is 9.42. The Bertz CT molecular complexity index is 189. The Labute approximate surface area is 78.6 Å². The summed E-state index contributed by atoms with van der Waals surface area (Å²) in [6.07, 6.45) is 0.759. The number of rotatable bonds is 2. The molecule has 0 aromatic rings. The lowest BCUT2D eigenvalue weighted by molar-refractivity contribution is -0.0792. The van der Waals surface area contributed by atoms with Crippen LogP contribution in [0, 0.1) is 0 Å². The third-order valence-corrected chi connectivity index (χ3v) is 2.62. The number of hydrogen-bond acceptors (Lipinski definition) is 4. The molecule has 13 heavy (non-hydrogen) atoms. The molecular formula is C8H15BO4. The van der Waals surface area contributed by atoms with Gasteiger partial charge in [0.2, 0.25) is 0 Å². The van der Waals surface area contributed by atoms with E-state index in [2.05, 4.69) is 6.92 Å². The van der Waals surface area contributed by atoms with E-state index < -0.39 is 0 Å². The molecule has 5 heteroatoms. The lowest BCUT2D eigenvalue weighted by Crippen LogP contribution is -2.34. The Morgan fingerprint density at radius 3 is 2.77 bits per heavy atom. The molecule has 4 nitrogen and oxygen atoms in total. The fraction of sp³-hybridized carbons (Fsp3) is 1.00. The number of hydrogen-bond donors (Lipinski definition) is 0. The maximum Gasteiger partial charge on any atom is 0.455 e. The minimum Gasteiger partial charge on any atom is -0.401 e. The molecule has 2 saturated heterocycles. The van der Waals surface area contributed by atoms with E-state index in [1.807, 2.05) is 6.82 Å². The Morgan fingerprint density at radius 2 is 2.15 bits per heavy atom. The van der Waals surface area contributed by atoms with E-state index in [1.165, 1.54) is 0 Å². The quantitative estimate of drug-likeness (QED) is 0.594. The van der Waals surface area contributed by atoms with Crippen molar-refractivity contribution in [1.29, 1.82) is 0 Å². The Morgan fingerprint density at radius 1 is 1.38 bits per heavy atom. The smallest absolute Gasteiger partial charge is 0.401 e. The van der Waals surface area contributed by atoms with E-state index in [0.717, 1.165) is 6.42 Å². The van der Waals surface area contributed by atoms with E-state index in [1.54, 1.807) is 7.11 Å². The van der Waals surface area contributed by atoms with Gasteiger partial charge in [0.1, 0.15) is 12.2 Å². The van der Waals surface area contributed by atoms with Gasteiger partial charge in [0.15, 0.2) is 6.29 Å². The zero-order valence-corrected chi connectivity index (χ0v) is 8.23. The Hall–Kier alpha value is -0.0951. The van der Waals surface area contributed by atoms with Gasteiger partial charge in [-0.05, 0) is 13.2 Å². The molecule has 0 spiro atoms. The first kappa shape index (κ1) is 9.46. The van der Waals surface area contributed by atoms with Gasteiger partial charge in [-0.25, -0.2) is 0 Å². The van der Waals surface area contributed by atoms with Crippen molar-refractivity contribution < 1.29 is 18.8 Å². The predicted octanol–water partition coefficient (Wildman–Crippen LogP) is 0.670. The summed E-state index contributed by atoms with van der Waals surface area (Å²) in [7, 11) is 1.51. The minimum atomic E-state index is -0.232. The highest BCUT2D eigenvalue weighted by Gasteiger charge is 2.51. The average molecular weight is 186 g/mol. The van der Waals surface area contributed by atoms with Crippen molar-refractivity contribution in [2.45, 2.75) is 44.8 Å². The number of ether oxygens (including phenoxy) is 2. The van der Waals surface area contributed by atoms with Crippen LogP contribution in [-0.4, -0.2) is 38.8 Å². The second kappa shape index (κ2) is 3.57. The van der Waals surface area contributed by atoms with Gasteiger partial charge in [-0.15, -0.1) is 0 Å². The van der Waals surface area contributed by atoms with Crippen molar-refractivity contribution in [2.24, 2.45) is 0 Å². The van der Waals surface area contributed by atoms with Crippen LogP contribution in [0.4, 0.5) is 0 Å². The summed E-state index contributed by atoms with van der Waals surface area (Å²) < 4.78 is 22.0. The highest BCUT2D eigenvalue weighted by Crippen LogP contribution is 2.33. The van der Waals surface area contributed by atoms with Gasteiger partial charge in [0.05, 0.1) is 6.10 Å². The topological polar surface area (TPSA) is 36.9 Å². The standard InChI is InChI=1S/C8H15BO4/c1-4-5-6(10-3)7-8(11-5)13-9(2)12-7/h5-8H,4H2,1-3H3/t5-,6+,7-,8-/m0/s1. The molecule has 2 fully saturated rings. The molecule has 2 aliphatic rings. The van der Waals surface area contributed by atoms with Crippen molar-refractivity contribution in [3.63, 3.8) is 0 Å². The molecule has 0 radical (unpaired) electrons. The monoisotopic (exact) mass is 186 g/mol. The zero-order valence-electron chi connectivity index (χ0n) is 8.23. The minimum absolute atomic E-state index is 0.0138. The molecule has 0 N–H and O–H groups in total.